The van der Waals surface area contributed by atoms with Crippen LogP contribution in [0.1, 0.15) is 47.3 Å². The molecule has 6 nitrogen and oxygen atoms in total. The first-order valence-electron chi connectivity index (χ1n) is 11.4. The zero-order chi connectivity index (χ0) is 24.3. The number of hydrogen-bond acceptors (Lipinski definition) is 5. The zero-order valence-electron chi connectivity index (χ0n) is 19.8. The van der Waals surface area contributed by atoms with Crippen LogP contribution in [0.15, 0.2) is 59.0 Å². The van der Waals surface area contributed by atoms with Crippen molar-refractivity contribution in [2.24, 2.45) is 0 Å². The minimum Gasteiger partial charge on any atom is -0.496 e. The second-order valence-electron chi connectivity index (χ2n) is 8.55. The molecule has 0 aliphatic heterocycles. The van der Waals surface area contributed by atoms with Crippen LogP contribution in [-0.2, 0) is 10.0 Å². The predicted octanol–water partition coefficient (Wildman–Crippen LogP) is 5.66. The van der Waals surface area contributed by atoms with Gasteiger partial charge in [-0.1, -0.05) is 11.6 Å². The van der Waals surface area contributed by atoms with Gasteiger partial charge in [0, 0.05) is 18.3 Å². The van der Waals surface area contributed by atoms with Gasteiger partial charge in [-0.15, -0.1) is 11.3 Å². The molecular weight excluding hydrogens is 468 g/mol. The number of carbonyl (C=O) groups excluding carboxylic acids is 1. The number of nitrogens with one attached hydrogen (secondary N) is 1. The molecule has 4 rings (SSSR count). The number of thiophene rings is 1. The molecule has 0 saturated heterocycles. The smallest absolute Gasteiger partial charge is 0.264 e. The third-order valence-corrected chi connectivity index (χ3v) is 9.13. The molecule has 0 radical (unpaired) electrons. The SMILES string of the molecule is COc1ccc(S(=O)(=O)N(C)c2ccc3sc(C(=O)NCCC4=CCCCC4)cc3c2)cc1C. The Hall–Kier alpha value is -2.84. The summed E-state index contributed by atoms with van der Waals surface area (Å²) >= 11 is 1.41. The van der Waals surface area contributed by atoms with Gasteiger partial charge >= 0.3 is 0 Å². The second-order valence-corrected chi connectivity index (χ2v) is 11.6. The Morgan fingerprint density at radius 1 is 1.15 bits per heavy atom. The number of sulfonamides is 1. The van der Waals surface area contributed by atoms with E-state index in [1.54, 1.807) is 31.4 Å². The number of carbonyl (C=O) groups is 1. The number of methoxy groups -OCH3 is 1. The Labute approximate surface area is 205 Å². The molecule has 1 N–H and O–H groups in total. The fourth-order valence-electron chi connectivity index (χ4n) is 4.20. The highest BCUT2D eigenvalue weighted by atomic mass is 32.2. The third-order valence-electron chi connectivity index (χ3n) is 6.23. The van der Waals surface area contributed by atoms with Crippen LogP contribution < -0.4 is 14.4 Å². The van der Waals surface area contributed by atoms with Gasteiger partial charge in [-0.2, -0.15) is 0 Å². The molecule has 8 heteroatoms. The van der Waals surface area contributed by atoms with Gasteiger partial charge in [0.05, 0.1) is 22.6 Å². The first-order chi connectivity index (χ1) is 16.3. The van der Waals surface area contributed by atoms with Crippen molar-refractivity contribution in [1.82, 2.24) is 5.32 Å². The van der Waals surface area contributed by atoms with Crippen molar-refractivity contribution >= 4 is 43.0 Å². The summed E-state index contributed by atoms with van der Waals surface area (Å²) in [6.45, 7) is 2.44. The van der Waals surface area contributed by atoms with Crippen molar-refractivity contribution in [2.45, 2.75) is 43.9 Å². The van der Waals surface area contributed by atoms with Crippen LogP contribution in [0.3, 0.4) is 0 Å². The Balaban J connectivity index is 1.49. The quantitative estimate of drug-likeness (QED) is 0.407. The Bertz CT molecular complexity index is 1340. The third kappa shape index (κ3) is 5.13. The number of ether oxygens (including phenoxy) is 1. The predicted molar refractivity (Wildman–Crippen MR) is 139 cm³/mol. The van der Waals surface area contributed by atoms with E-state index < -0.39 is 10.0 Å². The Morgan fingerprint density at radius 3 is 2.68 bits per heavy atom. The highest BCUT2D eigenvalue weighted by Crippen LogP contribution is 2.32. The summed E-state index contributed by atoms with van der Waals surface area (Å²) in [5, 5.41) is 3.86. The van der Waals surface area contributed by atoms with Gasteiger partial charge in [-0.05, 0) is 92.4 Å². The summed E-state index contributed by atoms with van der Waals surface area (Å²) in [7, 11) is -0.649. The molecule has 1 aromatic heterocycles. The molecule has 0 atom stereocenters. The summed E-state index contributed by atoms with van der Waals surface area (Å²) < 4.78 is 33.9. The molecule has 0 fully saturated rings. The molecule has 180 valence electrons. The lowest BCUT2D eigenvalue weighted by Gasteiger charge is -2.20. The summed E-state index contributed by atoms with van der Waals surface area (Å²) in [6, 6.07) is 12.1. The van der Waals surface area contributed by atoms with E-state index >= 15 is 0 Å². The first-order valence-corrected chi connectivity index (χ1v) is 13.7. The van der Waals surface area contributed by atoms with Crippen LogP contribution in [0.4, 0.5) is 5.69 Å². The van der Waals surface area contributed by atoms with E-state index in [0.717, 1.165) is 34.9 Å². The number of amides is 1. The van der Waals surface area contributed by atoms with E-state index in [0.29, 0.717) is 22.9 Å². The maximum Gasteiger partial charge on any atom is 0.264 e. The summed E-state index contributed by atoms with van der Waals surface area (Å²) in [6.07, 6.45) is 7.97. The lowest BCUT2D eigenvalue weighted by molar-refractivity contribution is 0.0958. The van der Waals surface area contributed by atoms with Gasteiger partial charge < -0.3 is 10.1 Å². The first kappa shape index (κ1) is 24.3. The van der Waals surface area contributed by atoms with Gasteiger partial charge in [-0.3, -0.25) is 9.10 Å². The van der Waals surface area contributed by atoms with Gasteiger partial charge in [0.2, 0.25) is 0 Å². The minimum atomic E-state index is -3.74. The van der Waals surface area contributed by atoms with Crippen molar-refractivity contribution in [1.29, 1.82) is 0 Å². The van der Waals surface area contributed by atoms with Crippen LogP contribution in [-0.4, -0.2) is 35.0 Å². The van der Waals surface area contributed by atoms with E-state index in [4.69, 9.17) is 4.74 Å². The van der Waals surface area contributed by atoms with Gasteiger partial charge in [0.15, 0.2) is 0 Å². The van der Waals surface area contributed by atoms with Crippen molar-refractivity contribution in [3.63, 3.8) is 0 Å². The lowest BCUT2D eigenvalue weighted by atomic mass is 9.97. The number of aryl methyl sites for hydroxylation is 1. The van der Waals surface area contributed by atoms with E-state index in [1.165, 1.54) is 41.1 Å². The Morgan fingerprint density at radius 2 is 1.97 bits per heavy atom. The maximum atomic E-state index is 13.2. The van der Waals surface area contributed by atoms with E-state index in [-0.39, 0.29) is 10.8 Å². The summed E-state index contributed by atoms with van der Waals surface area (Å²) in [5.74, 6) is 0.552. The summed E-state index contributed by atoms with van der Waals surface area (Å²) in [4.78, 5) is 13.5. The van der Waals surface area contributed by atoms with E-state index in [1.807, 2.05) is 25.1 Å². The van der Waals surface area contributed by atoms with Crippen LogP contribution in [0.25, 0.3) is 10.1 Å². The molecule has 1 aliphatic carbocycles. The van der Waals surface area contributed by atoms with Crippen LogP contribution >= 0.6 is 11.3 Å². The molecule has 1 amide bonds. The minimum absolute atomic E-state index is 0.0890. The average Bonchev–Trinajstić information content (AvgIpc) is 3.27. The highest BCUT2D eigenvalue weighted by Gasteiger charge is 2.23. The molecule has 3 aromatic rings. The van der Waals surface area contributed by atoms with Crippen LogP contribution in [0.5, 0.6) is 5.75 Å². The molecule has 1 heterocycles. The standard InChI is InChI=1S/C26H30N2O4S2/c1-18-15-22(10-11-23(18)32-3)34(30,31)28(2)21-9-12-24-20(16-21)17-25(33-24)26(29)27-14-13-19-7-5-4-6-8-19/h7,9-12,15-17H,4-6,8,13-14H2,1-3H3,(H,27,29). The fraction of sp³-hybridized carbons (Fsp3) is 0.346. The van der Waals surface area contributed by atoms with Gasteiger partial charge in [0.1, 0.15) is 5.75 Å². The lowest BCUT2D eigenvalue weighted by Crippen LogP contribution is -2.26. The molecule has 0 bridgehead atoms. The fourth-order valence-corrected chi connectivity index (χ4v) is 6.43. The molecule has 0 spiro atoms. The van der Waals surface area contributed by atoms with Gasteiger partial charge in [-0.25, -0.2) is 8.42 Å². The number of anilines is 1. The maximum absolute atomic E-state index is 13.2. The second kappa shape index (κ2) is 10.2. The molecule has 2 aromatic carbocycles. The molecule has 0 saturated carbocycles. The largest absolute Gasteiger partial charge is 0.496 e. The van der Waals surface area contributed by atoms with Crippen molar-refractivity contribution < 1.29 is 17.9 Å². The average molecular weight is 499 g/mol. The highest BCUT2D eigenvalue weighted by molar-refractivity contribution is 7.92. The Kier molecular flexibility index (Phi) is 7.28. The topological polar surface area (TPSA) is 75.7 Å². The number of rotatable bonds is 8. The number of benzene rings is 2. The van der Waals surface area contributed by atoms with Crippen molar-refractivity contribution in [3.8, 4) is 5.75 Å². The van der Waals surface area contributed by atoms with E-state index in [9.17, 15) is 13.2 Å². The van der Waals surface area contributed by atoms with E-state index in [2.05, 4.69) is 11.4 Å². The normalized spacial score (nSPS) is 14.0. The molecular formula is C26H30N2O4S2. The zero-order valence-corrected chi connectivity index (χ0v) is 21.4. The molecule has 34 heavy (non-hydrogen) atoms. The number of hydrogen-bond donors (Lipinski definition) is 1. The molecule has 0 unspecified atom stereocenters. The van der Waals surface area contributed by atoms with Crippen molar-refractivity contribution in [2.75, 3.05) is 25.0 Å². The van der Waals surface area contributed by atoms with Crippen LogP contribution in [0, 0.1) is 6.92 Å². The monoisotopic (exact) mass is 498 g/mol. The summed E-state index contributed by atoms with van der Waals surface area (Å²) in [5.41, 5.74) is 2.72. The van der Waals surface area contributed by atoms with Crippen molar-refractivity contribution in [3.05, 3.63) is 64.6 Å². The van der Waals surface area contributed by atoms with Crippen LogP contribution in [0.2, 0.25) is 0 Å². The number of fused-ring (bicyclic) bond motifs is 1. The molecule has 1 aliphatic rings. The van der Waals surface area contributed by atoms with Gasteiger partial charge in [0.25, 0.3) is 15.9 Å². The number of nitrogens with zero attached hydrogens (tertiary/aromatic N) is 1. The number of allylic oxidation sites excluding steroid dienone is 1.